The second kappa shape index (κ2) is 8.94. The van der Waals surface area contributed by atoms with E-state index >= 15 is 0 Å². The Morgan fingerprint density at radius 3 is 1.44 bits per heavy atom. The van der Waals surface area contributed by atoms with Crippen LogP contribution in [0.25, 0.3) is 0 Å². The Balaban J connectivity index is 2.39. The van der Waals surface area contributed by atoms with Crippen LogP contribution in [0.3, 0.4) is 0 Å². The van der Waals surface area contributed by atoms with Crippen molar-refractivity contribution in [1.29, 1.82) is 0 Å². The van der Waals surface area contributed by atoms with Crippen molar-refractivity contribution in [1.82, 2.24) is 0 Å². The number of phenolic OH excluding ortho intramolecular Hbond substituents is 2. The number of benzene rings is 2. The maximum Gasteiger partial charge on any atom is 0.122 e. The molecule has 2 aromatic carbocycles. The van der Waals surface area contributed by atoms with Gasteiger partial charge in [0.05, 0.1) is 0 Å². The monoisotopic (exact) mass is 340 g/mol. The molecule has 0 bridgehead atoms. The van der Waals surface area contributed by atoms with E-state index in [1.165, 1.54) is 0 Å². The van der Waals surface area contributed by atoms with Crippen molar-refractivity contribution in [2.75, 3.05) is 0 Å². The van der Waals surface area contributed by atoms with Gasteiger partial charge >= 0.3 is 0 Å². The van der Waals surface area contributed by atoms with Crippen LogP contribution in [0.4, 0.5) is 0 Å². The van der Waals surface area contributed by atoms with Gasteiger partial charge in [-0.05, 0) is 61.8 Å². The van der Waals surface area contributed by atoms with Gasteiger partial charge in [-0.2, -0.15) is 0 Å². The van der Waals surface area contributed by atoms with Crippen LogP contribution in [0.1, 0.15) is 72.9 Å². The molecule has 0 unspecified atom stereocenters. The Morgan fingerprint density at radius 1 is 0.680 bits per heavy atom. The molecule has 2 N–H and O–H groups in total. The molecule has 0 aliphatic carbocycles. The summed E-state index contributed by atoms with van der Waals surface area (Å²) in [6, 6.07) is 8.25. The minimum atomic E-state index is 0.409. The summed E-state index contributed by atoms with van der Waals surface area (Å²) in [6.45, 7) is 8.39. The van der Waals surface area contributed by atoms with Crippen molar-refractivity contribution in [2.24, 2.45) is 0 Å². The smallest absolute Gasteiger partial charge is 0.122 e. The van der Waals surface area contributed by atoms with E-state index in [-0.39, 0.29) is 0 Å². The van der Waals surface area contributed by atoms with Gasteiger partial charge in [0.25, 0.3) is 0 Å². The lowest BCUT2D eigenvalue weighted by Crippen LogP contribution is -2.00. The second-order valence-electron chi connectivity index (χ2n) is 7.12. The molecule has 25 heavy (non-hydrogen) atoms. The Kier molecular flexibility index (Phi) is 6.92. The summed E-state index contributed by atoms with van der Waals surface area (Å²) < 4.78 is 0. The molecule has 0 saturated heterocycles. The first-order valence-electron chi connectivity index (χ1n) is 9.60. The first-order chi connectivity index (χ1) is 12.0. The van der Waals surface area contributed by atoms with E-state index in [0.717, 1.165) is 71.9 Å². The van der Waals surface area contributed by atoms with Crippen LogP contribution in [0.2, 0.25) is 0 Å². The largest absolute Gasteiger partial charge is 0.507 e. The molecule has 0 fully saturated rings. The lowest BCUT2D eigenvalue weighted by Gasteiger charge is -2.17. The van der Waals surface area contributed by atoms with Crippen LogP contribution in [-0.2, 0) is 19.3 Å². The summed E-state index contributed by atoms with van der Waals surface area (Å²) >= 11 is 0. The van der Waals surface area contributed by atoms with Gasteiger partial charge in [0.1, 0.15) is 11.5 Å². The zero-order valence-corrected chi connectivity index (χ0v) is 16.2. The van der Waals surface area contributed by atoms with Crippen LogP contribution in [0, 0.1) is 13.8 Å². The summed E-state index contributed by atoms with van der Waals surface area (Å²) in [6.07, 6.45) is 6.76. The van der Waals surface area contributed by atoms with Gasteiger partial charge in [0.15, 0.2) is 0 Å². The standard InChI is InChI=1S/C23H32O2/c1-5-7-9-18-13-11-16(3)20(22(18)24)15-21-17(4)12-14-19(23(21)25)10-8-6-2/h11-14,24-25H,5-10,15H2,1-4H3. The van der Waals surface area contributed by atoms with E-state index in [4.69, 9.17) is 0 Å². The lowest BCUT2D eigenvalue weighted by atomic mass is 9.91. The van der Waals surface area contributed by atoms with Crippen LogP contribution in [0.5, 0.6) is 11.5 Å². The lowest BCUT2D eigenvalue weighted by molar-refractivity contribution is 0.453. The second-order valence-corrected chi connectivity index (χ2v) is 7.12. The molecule has 0 amide bonds. The highest BCUT2D eigenvalue weighted by molar-refractivity contribution is 5.53. The molecule has 0 atom stereocenters. The Bertz CT molecular complexity index is 655. The van der Waals surface area contributed by atoms with E-state index in [1.807, 2.05) is 26.0 Å². The molecular formula is C23H32O2. The van der Waals surface area contributed by atoms with Crippen molar-refractivity contribution in [3.05, 3.63) is 57.6 Å². The molecule has 2 heteroatoms. The van der Waals surface area contributed by atoms with Gasteiger partial charge in [-0.3, -0.25) is 0 Å². The predicted octanol–water partition coefficient (Wildman–Crippen LogP) is 5.99. The van der Waals surface area contributed by atoms with Crippen LogP contribution in [-0.4, -0.2) is 10.2 Å². The molecular weight excluding hydrogens is 308 g/mol. The number of hydrogen-bond acceptors (Lipinski definition) is 2. The third-order valence-corrected chi connectivity index (χ3v) is 5.15. The number of phenols is 2. The molecule has 2 rings (SSSR count). The molecule has 0 aromatic heterocycles. The molecule has 136 valence electrons. The number of hydrogen-bond donors (Lipinski definition) is 2. The maximum atomic E-state index is 10.8. The first-order valence-corrected chi connectivity index (χ1v) is 9.60. The molecule has 0 aliphatic rings. The van der Waals surface area contributed by atoms with Gasteiger partial charge < -0.3 is 10.2 Å². The molecule has 2 nitrogen and oxygen atoms in total. The van der Waals surface area contributed by atoms with Crippen molar-refractivity contribution in [2.45, 2.75) is 72.6 Å². The summed E-state index contributed by atoms with van der Waals surface area (Å²) in [4.78, 5) is 0. The van der Waals surface area contributed by atoms with E-state index < -0.39 is 0 Å². The van der Waals surface area contributed by atoms with Crippen molar-refractivity contribution >= 4 is 0 Å². The minimum absolute atomic E-state index is 0.409. The molecule has 0 spiro atoms. The third kappa shape index (κ3) is 4.56. The molecule has 0 aliphatic heterocycles. The fourth-order valence-corrected chi connectivity index (χ4v) is 3.33. The van der Waals surface area contributed by atoms with Crippen molar-refractivity contribution < 1.29 is 10.2 Å². The highest BCUT2D eigenvalue weighted by atomic mass is 16.3. The molecule has 0 heterocycles. The quantitative estimate of drug-likeness (QED) is 0.619. The SMILES string of the molecule is CCCCc1ccc(C)c(Cc2c(C)ccc(CCCC)c2O)c1O. The van der Waals surface area contributed by atoms with Crippen molar-refractivity contribution in [3.8, 4) is 11.5 Å². The summed E-state index contributed by atoms with van der Waals surface area (Å²) in [5.41, 5.74) is 6.08. The van der Waals surface area contributed by atoms with Crippen LogP contribution in [0.15, 0.2) is 24.3 Å². The van der Waals surface area contributed by atoms with Gasteiger partial charge in [-0.25, -0.2) is 0 Å². The topological polar surface area (TPSA) is 40.5 Å². The summed E-state index contributed by atoms with van der Waals surface area (Å²) in [5.74, 6) is 0.817. The number of aryl methyl sites for hydroxylation is 4. The van der Waals surface area contributed by atoms with Gasteiger partial charge in [0.2, 0.25) is 0 Å². The van der Waals surface area contributed by atoms with Gasteiger partial charge in [-0.1, -0.05) is 51.0 Å². The third-order valence-electron chi connectivity index (χ3n) is 5.15. The summed E-state index contributed by atoms with van der Waals surface area (Å²) in [5, 5.41) is 21.5. The van der Waals surface area contributed by atoms with Crippen LogP contribution < -0.4 is 0 Å². The Labute approximate surface area is 152 Å². The maximum absolute atomic E-state index is 10.8. The summed E-state index contributed by atoms with van der Waals surface area (Å²) in [7, 11) is 0. The molecule has 0 radical (unpaired) electrons. The molecule has 2 aromatic rings. The van der Waals surface area contributed by atoms with E-state index in [9.17, 15) is 10.2 Å². The minimum Gasteiger partial charge on any atom is -0.507 e. The normalized spacial score (nSPS) is 11.0. The fourth-order valence-electron chi connectivity index (χ4n) is 3.33. The molecule has 0 saturated carbocycles. The van der Waals surface area contributed by atoms with Crippen LogP contribution >= 0.6 is 0 Å². The zero-order valence-electron chi connectivity index (χ0n) is 16.2. The average molecular weight is 341 g/mol. The Hall–Kier alpha value is -1.96. The van der Waals surface area contributed by atoms with E-state index in [2.05, 4.69) is 26.0 Å². The van der Waals surface area contributed by atoms with Gasteiger partial charge in [0, 0.05) is 17.5 Å². The highest BCUT2D eigenvalue weighted by Gasteiger charge is 2.16. The highest BCUT2D eigenvalue weighted by Crippen LogP contribution is 2.34. The van der Waals surface area contributed by atoms with Gasteiger partial charge in [-0.15, -0.1) is 0 Å². The predicted molar refractivity (Wildman–Crippen MR) is 106 cm³/mol. The van der Waals surface area contributed by atoms with Crippen molar-refractivity contribution in [3.63, 3.8) is 0 Å². The Morgan fingerprint density at radius 2 is 1.08 bits per heavy atom. The van der Waals surface area contributed by atoms with E-state index in [1.54, 1.807) is 0 Å². The fraction of sp³-hybridized carbons (Fsp3) is 0.478. The first kappa shape index (κ1) is 19.4. The number of rotatable bonds is 8. The number of aromatic hydroxyl groups is 2. The average Bonchev–Trinajstić information content (AvgIpc) is 2.59. The van der Waals surface area contributed by atoms with E-state index in [0.29, 0.717) is 17.9 Å². The zero-order chi connectivity index (χ0) is 18.4. The number of unbranched alkanes of at least 4 members (excludes halogenated alkanes) is 2.